The first-order valence-corrected chi connectivity index (χ1v) is 9.02. The van der Waals surface area contributed by atoms with Crippen LogP contribution in [0.1, 0.15) is 11.1 Å². The van der Waals surface area contributed by atoms with Crippen molar-refractivity contribution < 1.29 is 32.4 Å². The zero-order valence-electron chi connectivity index (χ0n) is 16.8. The molecule has 0 radical (unpaired) electrons. The molecule has 0 aliphatic rings. The van der Waals surface area contributed by atoms with Crippen LogP contribution in [0.5, 0.6) is 11.5 Å². The molecule has 9 nitrogen and oxygen atoms in total. The third-order valence-corrected chi connectivity index (χ3v) is 4.36. The van der Waals surface area contributed by atoms with Crippen LogP contribution in [-0.2, 0) is 4.79 Å². The Kier molecular flexibility index (Phi) is 6.47. The normalized spacial score (nSPS) is 11.2. The van der Waals surface area contributed by atoms with Gasteiger partial charge in [0.2, 0.25) is 5.91 Å². The number of carbonyl (C=O) groups is 1. The lowest BCUT2D eigenvalue weighted by Crippen LogP contribution is -2.08. The largest absolute Gasteiger partial charge is 0.493 e. The smallest absolute Gasteiger partial charge is 0.387 e. The molecule has 0 saturated carbocycles. The van der Waals surface area contributed by atoms with E-state index >= 15 is 0 Å². The molecule has 11 heteroatoms. The topological polar surface area (TPSA) is 121 Å². The highest BCUT2D eigenvalue weighted by Gasteiger charge is 2.20. The minimum absolute atomic E-state index is 0.0660. The van der Waals surface area contributed by atoms with Crippen molar-refractivity contribution >= 4 is 34.3 Å². The molecule has 0 aliphatic carbocycles. The van der Waals surface area contributed by atoms with Crippen LogP contribution in [0.2, 0.25) is 0 Å². The number of ether oxygens (including phenoxy) is 2. The Morgan fingerprint density at radius 2 is 1.97 bits per heavy atom. The van der Waals surface area contributed by atoms with Crippen molar-refractivity contribution in [3.05, 3.63) is 74.1 Å². The number of alkyl halides is 2. The maximum absolute atomic E-state index is 12.5. The van der Waals surface area contributed by atoms with E-state index in [1.807, 2.05) is 0 Å². The lowest BCUT2D eigenvalue weighted by molar-refractivity contribution is -0.385. The first kappa shape index (κ1) is 22.4. The van der Waals surface area contributed by atoms with E-state index in [4.69, 9.17) is 9.15 Å². The van der Waals surface area contributed by atoms with Gasteiger partial charge in [0.1, 0.15) is 5.58 Å². The monoisotopic (exact) mass is 446 g/mol. The Morgan fingerprint density at radius 3 is 2.62 bits per heavy atom. The van der Waals surface area contributed by atoms with E-state index in [1.54, 1.807) is 19.1 Å². The number of nitrogens with one attached hydrogen (secondary N) is 1. The van der Waals surface area contributed by atoms with Crippen LogP contribution in [0, 0.1) is 17.0 Å². The summed E-state index contributed by atoms with van der Waals surface area (Å²) in [6.07, 6.45) is 2.15. The number of anilines is 1. The predicted octanol–water partition coefficient (Wildman–Crippen LogP) is 4.27. The average Bonchev–Trinajstić information content (AvgIpc) is 2.71. The van der Waals surface area contributed by atoms with Gasteiger partial charge >= 0.3 is 12.2 Å². The molecule has 0 bridgehead atoms. The Hall–Kier alpha value is -4.28. The Labute approximate surface area is 179 Å². The molecular weight excluding hydrogens is 430 g/mol. The summed E-state index contributed by atoms with van der Waals surface area (Å²) >= 11 is 0. The lowest BCUT2D eigenvalue weighted by atomic mass is 10.1. The van der Waals surface area contributed by atoms with E-state index < -0.39 is 34.5 Å². The molecule has 0 atom stereocenters. The molecule has 0 fully saturated rings. The van der Waals surface area contributed by atoms with Crippen molar-refractivity contribution in [1.82, 2.24) is 0 Å². The summed E-state index contributed by atoms with van der Waals surface area (Å²) < 4.78 is 39.4. The molecule has 166 valence electrons. The Morgan fingerprint density at radius 1 is 1.22 bits per heavy atom. The minimum Gasteiger partial charge on any atom is -0.493 e. The summed E-state index contributed by atoms with van der Waals surface area (Å²) in [4.78, 5) is 34.4. The maximum atomic E-state index is 12.5. The average molecular weight is 446 g/mol. The number of hydrogen-bond donors (Lipinski definition) is 1. The second-order valence-corrected chi connectivity index (χ2v) is 6.48. The van der Waals surface area contributed by atoms with Crippen molar-refractivity contribution in [1.29, 1.82) is 0 Å². The number of halogens is 2. The molecule has 2 aromatic carbocycles. The number of hydrogen-bond acceptors (Lipinski definition) is 7. The van der Waals surface area contributed by atoms with Crippen LogP contribution in [-0.4, -0.2) is 24.6 Å². The lowest BCUT2D eigenvalue weighted by Gasteiger charge is -2.11. The predicted molar refractivity (Wildman–Crippen MR) is 111 cm³/mol. The number of rotatable bonds is 7. The highest BCUT2D eigenvalue weighted by molar-refractivity contribution is 6.03. The molecule has 0 unspecified atom stereocenters. The van der Waals surface area contributed by atoms with Crippen molar-refractivity contribution in [3.63, 3.8) is 0 Å². The fourth-order valence-corrected chi connectivity index (χ4v) is 2.96. The zero-order chi connectivity index (χ0) is 23.4. The molecule has 0 saturated heterocycles. The number of amides is 1. The molecule has 1 aromatic heterocycles. The third kappa shape index (κ3) is 5.06. The minimum atomic E-state index is -3.20. The van der Waals surface area contributed by atoms with Crippen molar-refractivity contribution in [2.45, 2.75) is 13.5 Å². The number of nitrogens with zero attached hydrogens (tertiary/aromatic N) is 1. The van der Waals surface area contributed by atoms with Gasteiger partial charge < -0.3 is 19.2 Å². The van der Waals surface area contributed by atoms with Gasteiger partial charge in [-0.3, -0.25) is 14.9 Å². The van der Waals surface area contributed by atoms with Gasteiger partial charge in [-0.15, -0.1) is 0 Å². The fraction of sp³-hybridized carbons (Fsp3) is 0.143. The van der Waals surface area contributed by atoms with Crippen LogP contribution in [0.15, 0.2) is 51.7 Å². The van der Waals surface area contributed by atoms with Crippen molar-refractivity contribution in [2.24, 2.45) is 0 Å². The zero-order valence-corrected chi connectivity index (χ0v) is 16.8. The Bertz CT molecular complexity index is 1290. The van der Waals surface area contributed by atoms with Crippen LogP contribution in [0.25, 0.3) is 17.0 Å². The van der Waals surface area contributed by atoms with Gasteiger partial charge in [-0.1, -0.05) is 0 Å². The number of fused-ring (bicyclic) bond motifs is 1. The van der Waals surface area contributed by atoms with Crippen molar-refractivity contribution in [3.8, 4) is 11.5 Å². The highest BCUT2D eigenvalue weighted by Crippen LogP contribution is 2.36. The van der Waals surface area contributed by atoms with E-state index in [0.717, 1.165) is 29.8 Å². The van der Waals surface area contributed by atoms with Gasteiger partial charge in [-0.25, -0.2) is 4.79 Å². The number of nitro groups is 1. The first-order valence-electron chi connectivity index (χ1n) is 9.02. The molecule has 3 rings (SSSR count). The molecule has 3 aromatic rings. The molecule has 1 N–H and O–H groups in total. The quantitative estimate of drug-likeness (QED) is 0.249. The van der Waals surface area contributed by atoms with E-state index in [-0.39, 0.29) is 16.9 Å². The van der Waals surface area contributed by atoms with Crippen LogP contribution in [0.4, 0.5) is 20.2 Å². The second kappa shape index (κ2) is 9.25. The number of benzene rings is 2. The third-order valence-electron chi connectivity index (χ3n) is 4.36. The first-order chi connectivity index (χ1) is 15.2. The molecule has 0 aliphatic heterocycles. The standard InChI is InChI=1S/C21H16F2N2O7/c1-11-7-20(27)31-16-9-13(4-5-14(11)16)24-19(26)6-3-12-8-17(30-2)18(32-21(22)23)10-15(12)25(28)29/h3-10,21H,1-2H3,(H,24,26)/b6-3+. The maximum Gasteiger partial charge on any atom is 0.387 e. The van der Waals surface area contributed by atoms with Gasteiger partial charge in [-0.05, 0) is 36.8 Å². The second-order valence-electron chi connectivity index (χ2n) is 6.48. The van der Waals surface area contributed by atoms with Crippen molar-refractivity contribution in [2.75, 3.05) is 12.4 Å². The van der Waals surface area contributed by atoms with Gasteiger partial charge in [0.15, 0.2) is 11.5 Å². The van der Waals surface area contributed by atoms with Crippen LogP contribution in [0.3, 0.4) is 0 Å². The number of carbonyl (C=O) groups excluding carboxylic acids is 1. The number of methoxy groups -OCH3 is 1. The number of nitro benzene ring substituents is 1. The molecule has 1 heterocycles. The van der Waals surface area contributed by atoms with Gasteiger partial charge in [0.25, 0.3) is 5.69 Å². The summed E-state index contributed by atoms with van der Waals surface area (Å²) in [6, 6.07) is 7.98. The Balaban J connectivity index is 1.86. The summed E-state index contributed by atoms with van der Waals surface area (Å²) in [7, 11) is 1.18. The summed E-state index contributed by atoms with van der Waals surface area (Å²) in [6.45, 7) is -1.45. The highest BCUT2D eigenvalue weighted by atomic mass is 19.3. The molecule has 0 spiro atoms. The molecular formula is C21H16F2N2O7. The fourth-order valence-electron chi connectivity index (χ4n) is 2.96. The molecule has 1 amide bonds. The van der Waals surface area contributed by atoms with Gasteiger partial charge in [-0.2, -0.15) is 8.78 Å². The van der Waals surface area contributed by atoms with E-state index in [0.29, 0.717) is 11.1 Å². The summed E-state index contributed by atoms with van der Waals surface area (Å²) in [5, 5.41) is 14.6. The van der Waals surface area contributed by atoms with E-state index in [2.05, 4.69) is 10.1 Å². The van der Waals surface area contributed by atoms with E-state index in [9.17, 15) is 28.5 Å². The molecule has 32 heavy (non-hydrogen) atoms. The SMILES string of the molecule is COc1cc(/C=C/C(=O)Nc2ccc3c(C)cc(=O)oc3c2)c([N+](=O)[O-])cc1OC(F)F. The van der Waals surface area contributed by atoms with Gasteiger partial charge in [0, 0.05) is 29.3 Å². The van der Waals surface area contributed by atoms with Crippen LogP contribution < -0.4 is 20.4 Å². The summed E-state index contributed by atoms with van der Waals surface area (Å²) in [5.74, 6) is -1.32. The number of aryl methyl sites for hydroxylation is 1. The van der Waals surface area contributed by atoms with Gasteiger partial charge in [0.05, 0.1) is 23.7 Å². The van der Waals surface area contributed by atoms with Crippen LogP contribution >= 0.6 is 0 Å². The summed E-state index contributed by atoms with van der Waals surface area (Å²) in [5.41, 5.74) is 0.172. The van der Waals surface area contributed by atoms with E-state index in [1.165, 1.54) is 19.2 Å².